The highest BCUT2D eigenvalue weighted by atomic mass is 15.2. The molecule has 0 spiro atoms. The molecule has 2 rings (SSSR count). The molecular weight excluding hydrogens is 210 g/mol. The van der Waals surface area contributed by atoms with E-state index in [4.69, 9.17) is 0 Å². The van der Waals surface area contributed by atoms with Crippen molar-refractivity contribution in [1.29, 1.82) is 0 Å². The predicted octanol–water partition coefficient (Wildman–Crippen LogP) is 2.22. The Morgan fingerprint density at radius 2 is 2.12 bits per heavy atom. The molecule has 17 heavy (non-hydrogen) atoms. The van der Waals surface area contributed by atoms with E-state index in [9.17, 15) is 0 Å². The number of rotatable bonds is 4. The van der Waals surface area contributed by atoms with Crippen LogP contribution in [-0.2, 0) is 0 Å². The van der Waals surface area contributed by atoms with E-state index >= 15 is 0 Å². The minimum atomic E-state index is 0.893. The van der Waals surface area contributed by atoms with Gasteiger partial charge in [-0.05, 0) is 57.3 Å². The smallest absolute Gasteiger partial charge is 0.128 e. The van der Waals surface area contributed by atoms with Gasteiger partial charge in [-0.1, -0.05) is 6.07 Å². The third-order valence-corrected chi connectivity index (χ3v) is 3.64. The van der Waals surface area contributed by atoms with E-state index in [2.05, 4.69) is 34.3 Å². The standard InChI is InChI=1S/C14H23N3/c1-12-3-4-14(16-11-12)17-9-6-13(7-10-17)5-8-15-2/h3-4,11,13,15H,5-10H2,1-2H3. The zero-order valence-corrected chi connectivity index (χ0v) is 10.9. The van der Waals surface area contributed by atoms with Gasteiger partial charge in [-0.2, -0.15) is 0 Å². The highest BCUT2D eigenvalue weighted by Crippen LogP contribution is 2.23. The summed E-state index contributed by atoms with van der Waals surface area (Å²) in [6.07, 6.45) is 5.88. The molecule has 0 atom stereocenters. The van der Waals surface area contributed by atoms with Crippen LogP contribution in [0, 0.1) is 12.8 Å². The van der Waals surface area contributed by atoms with E-state index in [1.165, 1.54) is 24.8 Å². The second kappa shape index (κ2) is 6.01. The van der Waals surface area contributed by atoms with Gasteiger partial charge in [0.2, 0.25) is 0 Å². The molecule has 1 aromatic rings. The van der Waals surface area contributed by atoms with E-state index in [-0.39, 0.29) is 0 Å². The largest absolute Gasteiger partial charge is 0.357 e. The fraction of sp³-hybridized carbons (Fsp3) is 0.643. The first kappa shape index (κ1) is 12.4. The first-order chi connectivity index (χ1) is 8.29. The van der Waals surface area contributed by atoms with Gasteiger partial charge in [0.25, 0.3) is 0 Å². The average molecular weight is 233 g/mol. The lowest BCUT2D eigenvalue weighted by atomic mass is 9.93. The van der Waals surface area contributed by atoms with Gasteiger partial charge < -0.3 is 10.2 Å². The van der Waals surface area contributed by atoms with Crippen molar-refractivity contribution in [2.45, 2.75) is 26.2 Å². The Morgan fingerprint density at radius 3 is 2.71 bits per heavy atom. The summed E-state index contributed by atoms with van der Waals surface area (Å²) in [6.45, 7) is 5.54. The molecule has 1 aromatic heterocycles. The van der Waals surface area contributed by atoms with Gasteiger partial charge in [-0.15, -0.1) is 0 Å². The van der Waals surface area contributed by atoms with Crippen LogP contribution in [0.3, 0.4) is 0 Å². The molecule has 1 fully saturated rings. The third kappa shape index (κ3) is 3.43. The molecule has 94 valence electrons. The third-order valence-electron chi connectivity index (χ3n) is 3.64. The number of anilines is 1. The highest BCUT2D eigenvalue weighted by Gasteiger charge is 2.19. The molecule has 1 aliphatic heterocycles. The van der Waals surface area contributed by atoms with Crippen LogP contribution < -0.4 is 10.2 Å². The summed E-state index contributed by atoms with van der Waals surface area (Å²) in [4.78, 5) is 6.91. The summed E-state index contributed by atoms with van der Waals surface area (Å²) in [6, 6.07) is 4.29. The van der Waals surface area contributed by atoms with Crippen LogP contribution in [0.4, 0.5) is 5.82 Å². The van der Waals surface area contributed by atoms with Crippen LogP contribution in [0.2, 0.25) is 0 Å². The van der Waals surface area contributed by atoms with Crippen molar-refractivity contribution in [3.05, 3.63) is 23.9 Å². The van der Waals surface area contributed by atoms with E-state index in [0.29, 0.717) is 0 Å². The molecule has 0 radical (unpaired) electrons. The molecule has 0 unspecified atom stereocenters. The Balaban J connectivity index is 1.84. The lowest BCUT2D eigenvalue weighted by Crippen LogP contribution is -2.34. The second-order valence-electron chi connectivity index (χ2n) is 5.02. The van der Waals surface area contributed by atoms with Crippen LogP contribution >= 0.6 is 0 Å². The van der Waals surface area contributed by atoms with Gasteiger partial charge >= 0.3 is 0 Å². The minimum absolute atomic E-state index is 0.893. The Hall–Kier alpha value is -1.09. The topological polar surface area (TPSA) is 28.2 Å². The molecule has 2 heterocycles. The number of nitrogens with one attached hydrogen (secondary N) is 1. The quantitative estimate of drug-likeness (QED) is 0.864. The molecule has 1 saturated heterocycles. The normalized spacial score (nSPS) is 17.4. The van der Waals surface area contributed by atoms with E-state index in [0.717, 1.165) is 31.4 Å². The van der Waals surface area contributed by atoms with Gasteiger partial charge in [-0.25, -0.2) is 4.98 Å². The number of aryl methyl sites for hydroxylation is 1. The van der Waals surface area contributed by atoms with Crippen LogP contribution in [0.15, 0.2) is 18.3 Å². The first-order valence-electron chi connectivity index (χ1n) is 6.62. The van der Waals surface area contributed by atoms with Crippen LogP contribution in [0.25, 0.3) is 0 Å². The molecular formula is C14H23N3. The SMILES string of the molecule is CNCCC1CCN(c2ccc(C)cn2)CC1. The maximum absolute atomic E-state index is 4.50. The summed E-state index contributed by atoms with van der Waals surface area (Å²) in [5.74, 6) is 2.03. The molecule has 0 aromatic carbocycles. The van der Waals surface area contributed by atoms with Crippen molar-refractivity contribution >= 4 is 5.82 Å². The number of hydrogen-bond acceptors (Lipinski definition) is 3. The predicted molar refractivity (Wildman–Crippen MR) is 72.5 cm³/mol. The monoisotopic (exact) mass is 233 g/mol. The molecule has 1 aliphatic rings. The first-order valence-corrected chi connectivity index (χ1v) is 6.62. The van der Waals surface area contributed by atoms with Gasteiger partial charge in [-0.3, -0.25) is 0 Å². The summed E-state index contributed by atoms with van der Waals surface area (Å²) >= 11 is 0. The van der Waals surface area contributed by atoms with Crippen molar-refractivity contribution in [3.8, 4) is 0 Å². The maximum atomic E-state index is 4.50. The molecule has 1 N–H and O–H groups in total. The summed E-state index contributed by atoms with van der Waals surface area (Å²) in [5, 5.41) is 3.24. The fourth-order valence-corrected chi connectivity index (χ4v) is 2.45. The van der Waals surface area contributed by atoms with Gasteiger partial charge in [0, 0.05) is 19.3 Å². The molecule has 0 aliphatic carbocycles. The van der Waals surface area contributed by atoms with Crippen LogP contribution in [0.1, 0.15) is 24.8 Å². The van der Waals surface area contributed by atoms with Crippen molar-refractivity contribution < 1.29 is 0 Å². The lowest BCUT2D eigenvalue weighted by molar-refractivity contribution is 0.377. The number of hydrogen-bond donors (Lipinski definition) is 1. The van der Waals surface area contributed by atoms with Crippen LogP contribution in [-0.4, -0.2) is 31.7 Å². The Morgan fingerprint density at radius 1 is 1.35 bits per heavy atom. The van der Waals surface area contributed by atoms with E-state index in [1.807, 2.05) is 13.2 Å². The summed E-state index contributed by atoms with van der Waals surface area (Å²) < 4.78 is 0. The van der Waals surface area contributed by atoms with Crippen LogP contribution in [0.5, 0.6) is 0 Å². The summed E-state index contributed by atoms with van der Waals surface area (Å²) in [5.41, 5.74) is 1.23. The Bertz CT molecular complexity index is 326. The zero-order chi connectivity index (χ0) is 12.1. The maximum Gasteiger partial charge on any atom is 0.128 e. The fourth-order valence-electron chi connectivity index (χ4n) is 2.45. The molecule has 3 nitrogen and oxygen atoms in total. The zero-order valence-electron chi connectivity index (χ0n) is 10.9. The average Bonchev–Trinajstić information content (AvgIpc) is 2.38. The molecule has 0 saturated carbocycles. The second-order valence-corrected chi connectivity index (χ2v) is 5.02. The van der Waals surface area contributed by atoms with E-state index in [1.54, 1.807) is 0 Å². The molecule has 3 heteroatoms. The highest BCUT2D eigenvalue weighted by molar-refractivity contribution is 5.39. The van der Waals surface area contributed by atoms with Gasteiger partial charge in [0.05, 0.1) is 0 Å². The van der Waals surface area contributed by atoms with Crippen molar-refractivity contribution in [2.75, 3.05) is 31.6 Å². The Labute approximate surface area is 104 Å². The lowest BCUT2D eigenvalue weighted by Gasteiger charge is -2.32. The number of aromatic nitrogens is 1. The number of nitrogens with zero attached hydrogens (tertiary/aromatic N) is 2. The summed E-state index contributed by atoms with van der Waals surface area (Å²) in [7, 11) is 2.03. The van der Waals surface area contributed by atoms with Crippen molar-refractivity contribution in [3.63, 3.8) is 0 Å². The number of pyridine rings is 1. The van der Waals surface area contributed by atoms with Gasteiger partial charge in [0.1, 0.15) is 5.82 Å². The molecule has 0 bridgehead atoms. The Kier molecular flexibility index (Phi) is 4.37. The van der Waals surface area contributed by atoms with E-state index < -0.39 is 0 Å². The van der Waals surface area contributed by atoms with Gasteiger partial charge in [0.15, 0.2) is 0 Å². The minimum Gasteiger partial charge on any atom is -0.357 e. The van der Waals surface area contributed by atoms with Crippen molar-refractivity contribution in [1.82, 2.24) is 10.3 Å². The van der Waals surface area contributed by atoms with Crippen molar-refractivity contribution in [2.24, 2.45) is 5.92 Å². The number of piperidine rings is 1. The molecule has 0 amide bonds.